The summed E-state index contributed by atoms with van der Waals surface area (Å²) in [6.45, 7) is 4.95. The molecule has 4 heteroatoms. The Kier molecular flexibility index (Phi) is 3.99. The maximum atomic E-state index is 5.75. The van der Waals surface area contributed by atoms with Crippen molar-refractivity contribution in [1.82, 2.24) is 10.3 Å². The van der Waals surface area contributed by atoms with Crippen molar-refractivity contribution in [1.29, 1.82) is 0 Å². The lowest BCUT2D eigenvalue weighted by molar-refractivity contribution is 0.398. The van der Waals surface area contributed by atoms with Crippen LogP contribution in [-0.4, -0.2) is 18.1 Å². The number of hydrogen-bond acceptors (Lipinski definition) is 4. The van der Waals surface area contributed by atoms with Crippen LogP contribution in [0.5, 0.6) is 5.88 Å². The Hall–Kier alpha value is -1.81. The normalized spacial score (nSPS) is 10.9. The minimum Gasteiger partial charge on any atom is -0.481 e. The van der Waals surface area contributed by atoms with Gasteiger partial charge in [-0.15, -0.1) is 0 Å². The summed E-state index contributed by atoms with van der Waals surface area (Å²) in [6.07, 6.45) is 1.75. The third-order valence-electron chi connectivity index (χ3n) is 2.58. The van der Waals surface area contributed by atoms with Gasteiger partial charge < -0.3 is 14.5 Å². The number of ether oxygens (including phenoxy) is 1. The van der Waals surface area contributed by atoms with E-state index < -0.39 is 0 Å². The van der Waals surface area contributed by atoms with E-state index in [1.54, 1.807) is 13.3 Å². The zero-order valence-corrected chi connectivity index (χ0v) is 10.9. The molecule has 0 aliphatic rings. The number of furan rings is 1. The monoisotopic (exact) mass is 246 g/mol. The molecule has 0 radical (unpaired) electrons. The lowest BCUT2D eigenvalue weighted by Crippen LogP contribution is -2.21. The first-order valence-corrected chi connectivity index (χ1v) is 6.01. The molecule has 0 atom stereocenters. The number of rotatable bonds is 5. The fourth-order valence-corrected chi connectivity index (χ4v) is 1.58. The lowest BCUT2D eigenvalue weighted by atomic mass is 10.2. The largest absolute Gasteiger partial charge is 0.481 e. The minimum absolute atomic E-state index is 0.446. The van der Waals surface area contributed by atoms with Crippen LogP contribution < -0.4 is 10.1 Å². The van der Waals surface area contributed by atoms with Crippen LogP contribution in [0.15, 0.2) is 34.9 Å². The topological polar surface area (TPSA) is 47.3 Å². The van der Waals surface area contributed by atoms with Gasteiger partial charge in [0, 0.05) is 23.9 Å². The van der Waals surface area contributed by atoms with Crippen LogP contribution in [0.1, 0.15) is 19.6 Å². The summed E-state index contributed by atoms with van der Waals surface area (Å²) in [6, 6.07) is 8.14. The van der Waals surface area contributed by atoms with Gasteiger partial charge in [-0.1, -0.05) is 13.8 Å². The summed E-state index contributed by atoms with van der Waals surface area (Å²) in [4.78, 5) is 4.16. The molecule has 96 valence electrons. The Morgan fingerprint density at radius 1 is 1.28 bits per heavy atom. The van der Waals surface area contributed by atoms with Crippen LogP contribution in [0.4, 0.5) is 0 Å². The Balaban J connectivity index is 2.08. The molecule has 0 unspecified atom stereocenters. The summed E-state index contributed by atoms with van der Waals surface area (Å²) < 4.78 is 10.8. The summed E-state index contributed by atoms with van der Waals surface area (Å²) in [5, 5.41) is 3.32. The van der Waals surface area contributed by atoms with E-state index in [9.17, 15) is 0 Å². The molecule has 0 saturated carbocycles. The van der Waals surface area contributed by atoms with Gasteiger partial charge in [0.05, 0.1) is 13.7 Å². The molecular formula is C14H18N2O2. The van der Waals surface area contributed by atoms with Crippen LogP contribution >= 0.6 is 0 Å². The molecule has 0 spiro atoms. The van der Waals surface area contributed by atoms with Crippen molar-refractivity contribution in [3.8, 4) is 17.2 Å². The van der Waals surface area contributed by atoms with Gasteiger partial charge in [0.25, 0.3) is 0 Å². The van der Waals surface area contributed by atoms with Crippen LogP contribution in [0.3, 0.4) is 0 Å². The third kappa shape index (κ3) is 3.11. The second-order valence-electron chi connectivity index (χ2n) is 4.39. The predicted octanol–water partition coefficient (Wildman–Crippen LogP) is 2.85. The van der Waals surface area contributed by atoms with E-state index in [1.165, 1.54) is 0 Å². The van der Waals surface area contributed by atoms with Crippen LogP contribution in [-0.2, 0) is 6.54 Å². The molecule has 2 aromatic rings. The highest BCUT2D eigenvalue weighted by molar-refractivity contribution is 5.56. The Labute approximate surface area is 107 Å². The number of pyridine rings is 1. The standard InChI is InChI=1S/C14H18N2O2/c1-10(2)15-9-12-5-6-13(18-12)11-4-7-14(17-3)16-8-11/h4-8,10,15H,9H2,1-3H3. The van der Waals surface area contributed by atoms with Gasteiger partial charge in [-0.05, 0) is 18.2 Å². The fraction of sp³-hybridized carbons (Fsp3) is 0.357. The van der Waals surface area contributed by atoms with E-state index in [-0.39, 0.29) is 0 Å². The quantitative estimate of drug-likeness (QED) is 0.881. The van der Waals surface area contributed by atoms with Crippen molar-refractivity contribution in [2.75, 3.05) is 7.11 Å². The fourth-order valence-electron chi connectivity index (χ4n) is 1.58. The predicted molar refractivity (Wildman–Crippen MR) is 70.5 cm³/mol. The van der Waals surface area contributed by atoms with Gasteiger partial charge in [-0.25, -0.2) is 4.98 Å². The molecule has 0 bridgehead atoms. The molecule has 2 heterocycles. The molecular weight excluding hydrogens is 228 g/mol. The second kappa shape index (κ2) is 5.69. The second-order valence-corrected chi connectivity index (χ2v) is 4.39. The van der Waals surface area contributed by atoms with E-state index in [1.807, 2.05) is 24.3 Å². The average molecular weight is 246 g/mol. The number of aromatic nitrogens is 1. The van der Waals surface area contributed by atoms with Gasteiger partial charge >= 0.3 is 0 Å². The molecule has 0 aliphatic carbocycles. The Morgan fingerprint density at radius 2 is 2.11 bits per heavy atom. The molecule has 0 aliphatic heterocycles. The molecule has 0 saturated heterocycles. The van der Waals surface area contributed by atoms with Crippen LogP contribution in [0.25, 0.3) is 11.3 Å². The van der Waals surface area contributed by atoms with Crippen LogP contribution in [0, 0.1) is 0 Å². The van der Waals surface area contributed by atoms with Gasteiger partial charge in [0.2, 0.25) is 5.88 Å². The van der Waals surface area contributed by atoms with E-state index in [4.69, 9.17) is 9.15 Å². The number of nitrogens with one attached hydrogen (secondary N) is 1. The zero-order valence-electron chi connectivity index (χ0n) is 10.9. The smallest absolute Gasteiger partial charge is 0.212 e. The summed E-state index contributed by atoms with van der Waals surface area (Å²) in [5.41, 5.74) is 0.951. The Bertz CT molecular complexity index is 489. The maximum absolute atomic E-state index is 5.75. The molecule has 2 aromatic heterocycles. The highest BCUT2D eigenvalue weighted by Crippen LogP contribution is 2.22. The van der Waals surface area contributed by atoms with E-state index in [0.717, 1.165) is 23.6 Å². The van der Waals surface area contributed by atoms with Gasteiger partial charge in [-0.3, -0.25) is 0 Å². The van der Waals surface area contributed by atoms with Crippen molar-refractivity contribution < 1.29 is 9.15 Å². The van der Waals surface area contributed by atoms with Gasteiger partial charge in [0.15, 0.2) is 0 Å². The summed E-state index contributed by atoms with van der Waals surface area (Å²) in [7, 11) is 1.60. The molecule has 0 amide bonds. The Morgan fingerprint density at radius 3 is 2.72 bits per heavy atom. The van der Waals surface area contributed by atoms with Crippen molar-refractivity contribution in [2.45, 2.75) is 26.4 Å². The molecule has 0 aromatic carbocycles. The molecule has 18 heavy (non-hydrogen) atoms. The first kappa shape index (κ1) is 12.6. The summed E-state index contributed by atoms with van der Waals surface area (Å²) in [5.74, 6) is 2.35. The molecule has 4 nitrogen and oxygen atoms in total. The van der Waals surface area contributed by atoms with Crippen LogP contribution in [0.2, 0.25) is 0 Å². The lowest BCUT2D eigenvalue weighted by Gasteiger charge is -2.05. The van der Waals surface area contributed by atoms with E-state index >= 15 is 0 Å². The van der Waals surface area contributed by atoms with Crippen molar-refractivity contribution in [3.05, 3.63) is 36.2 Å². The van der Waals surface area contributed by atoms with Crippen molar-refractivity contribution in [2.24, 2.45) is 0 Å². The molecule has 0 fully saturated rings. The summed E-state index contributed by atoms with van der Waals surface area (Å²) >= 11 is 0. The maximum Gasteiger partial charge on any atom is 0.212 e. The number of nitrogens with zero attached hydrogens (tertiary/aromatic N) is 1. The van der Waals surface area contributed by atoms with Crippen molar-refractivity contribution in [3.63, 3.8) is 0 Å². The molecule has 2 rings (SSSR count). The zero-order chi connectivity index (χ0) is 13.0. The number of methoxy groups -OCH3 is 1. The van der Waals surface area contributed by atoms with Gasteiger partial charge in [-0.2, -0.15) is 0 Å². The van der Waals surface area contributed by atoms with Gasteiger partial charge in [0.1, 0.15) is 11.5 Å². The van der Waals surface area contributed by atoms with E-state index in [0.29, 0.717) is 11.9 Å². The first-order valence-electron chi connectivity index (χ1n) is 6.01. The number of hydrogen-bond donors (Lipinski definition) is 1. The van der Waals surface area contributed by atoms with Crippen molar-refractivity contribution >= 4 is 0 Å². The molecule has 1 N–H and O–H groups in total. The highest BCUT2D eigenvalue weighted by Gasteiger charge is 2.06. The SMILES string of the molecule is COc1ccc(-c2ccc(CNC(C)C)o2)cn1. The highest BCUT2D eigenvalue weighted by atomic mass is 16.5. The average Bonchev–Trinajstić information content (AvgIpc) is 2.85. The third-order valence-corrected chi connectivity index (χ3v) is 2.58. The first-order chi connectivity index (χ1) is 8.69. The minimum atomic E-state index is 0.446. The van der Waals surface area contributed by atoms with E-state index in [2.05, 4.69) is 24.1 Å².